The summed E-state index contributed by atoms with van der Waals surface area (Å²) in [5.41, 5.74) is 1.54. The molecule has 0 radical (unpaired) electrons. The van der Waals surface area contributed by atoms with E-state index in [1.165, 1.54) is 18.2 Å². The van der Waals surface area contributed by atoms with E-state index in [0.29, 0.717) is 5.69 Å². The van der Waals surface area contributed by atoms with Gasteiger partial charge >= 0.3 is 0 Å². The second-order valence-electron chi connectivity index (χ2n) is 4.96. The van der Waals surface area contributed by atoms with E-state index in [4.69, 9.17) is 0 Å². The van der Waals surface area contributed by atoms with Crippen LogP contribution in [0.15, 0.2) is 48.5 Å². The molecule has 0 aliphatic carbocycles. The number of carbonyl (C=O) groups excluding carboxylic acids is 2. The number of fused-ring (bicyclic) bond motifs is 1. The molecule has 0 saturated heterocycles. The molecule has 0 fully saturated rings. The van der Waals surface area contributed by atoms with Crippen LogP contribution in [-0.2, 0) is 9.59 Å². The minimum absolute atomic E-state index is 0. The van der Waals surface area contributed by atoms with E-state index in [9.17, 15) is 14.0 Å². The highest BCUT2D eigenvalue weighted by molar-refractivity contribution is 6.06. The topological polar surface area (TPSA) is 70.2 Å². The third-order valence-electron chi connectivity index (χ3n) is 3.37. The van der Waals surface area contributed by atoms with Gasteiger partial charge in [0.05, 0.1) is 23.5 Å². The Kier molecular flexibility index (Phi) is 5.18. The average molecular weight is 336 g/mol. The van der Waals surface area contributed by atoms with Gasteiger partial charge in [0.25, 0.3) is 0 Å². The fourth-order valence-corrected chi connectivity index (χ4v) is 2.28. The summed E-state index contributed by atoms with van der Waals surface area (Å²) >= 11 is 0. The highest BCUT2D eigenvalue weighted by Gasteiger charge is 2.27. The smallest absolute Gasteiger partial charge is 0.247 e. The molecule has 3 rings (SSSR count). The van der Waals surface area contributed by atoms with E-state index in [1.54, 1.807) is 12.1 Å². The minimum atomic E-state index is -0.693. The first-order valence-electron chi connectivity index (χ1n) is 6.84. The Morgan fingerprint density at radius 3 is 2.48 bits per heavy atom. The lowest BCUT2D eigenvalue weighted by molar-refractivity contribution is -0.122. The maximum atomic E-state index is 13.5. The summed E-state index contributed by atoms with van der Waals surface area (Å²) in [4.78, 5) is 24.0. The SMILES string of the molecule is Cl.O=C(CC1Nc2ccccc2NC1=O)Nc1ccccc1F. The number of hydrogen-bond acceptors (Lipinski definition) is 3. The van der Waals surface area contributed by atoms with Crippen molar-refractivity contribution >= 4 is 41.3 Å². The normalized spacial score (nSPS) is 15.5. The zero-order valence-electron chi connectivity index (χ0n) is 12.0. The lowest BCUT2D eigenvalue weighted by atomic mass is 10.1. The van der Waals surface area contributed by atoms with Gasteiger partial charge in [0.15, 0.2) is 0 Å². The highest BCUT2D eigenvalue weighted by Crippen LogP contribution is 2.26. The lowest BCUT2D eigenvalue weighted by Crippen LogP contribution is -2.41. The van der Waals surface area contributed by atoms with Crippen LogP contribution in [0.1, 0.15) is 6.42 Å². The molecule has 1 unspecified atom stereocenters. The summed E-state index contributed by atoms with van der Waals surface area (Å²) in [7, 11) is 0. The van der Waals surface area contributed by atoms with Crippen LogP contribution >= 0.6 is 12.4 Å². The second kappa shape index (κ2) is 7.11. The van der Waals surface area contributed by atoms with Crippen LogP contribution in [0.4, 0.5) is 21.5 Å². The molecule has 7 heteroatoms. The average Bonchev–Trinajstić information content (AvgIpc) is 2.50. The third kappa shape index (κ3) is 3.78. The molecular formula is C16H15ClFN3O2. The standard InChI is InChI=1S/C16H14FN3O2.ClH/c17-10-5-1-2-6-11(10)19-15(21)9-14-16(22)20-13-8-4-3-7-12(13)18-14;/h1-8,14,18H,9H2,(H,19,21)(H,20,22);1H. The van der Waals surface area contributed by atoms with Crippen LogP contribution in [0.2, 0.25) is 0 Å². The van der Waals surface area contributed by atoms with Gasteiger partial charge in [-0.15, -0.1) is 12.4 Å². The Bertz CT molecular complexity index is 739. The fraction of sp³-hybridized carbons (Fsp3) is 0.125. The van der Waals surface area contributed by atoms with Crippen molar-refractivity contribution in [2.75, 3.05) is 16.0 Å². The van der Waals surface area contributed by atoms with Crippen LogP contribution in [-0.4, -0.2) is 17.9 Å². The molecule has 2 aromatic carbocycles. The van der Waals surface area contributed by atoms with Crippen molar-refractivity contribution in [3.63, 3.8) is 0 Å². The van der Waals surface area contributed by atoms with Crippen molar-refractivity contribution < 1.29 is 14.0 Å². The molecule has 2 amide bonds. The van der Waals surface area contributed by atoms with Gasteiger partial charge in [0, 0.05) is 0 Å². The maximum Gasteiger partial charge on any atom is 0.247 e. The first-order chi connectivity index (χ1) is 10.6. The molecule has 120 valence electrons. The van der Waals surface area contributed by atoms with Gasteiger partial charge in [-0.05, 0) is 24.3 Å². The molecular weight excluding hydrogens is 321 g/mol. The monoisotopic (exact) mass is 335 g/mol. The van der Waals surface area contributed by atoms with Gasteiger partial charge in [0.1, 0.15) is 11.9 Å². The third-order valence-corrected chi connectivity index (χ3v) is 3.37. The molecule has 1 aliphatic heterocycles. The number of rotatable bonds is 3. The van der Waals surface area contributed by atoms with Crippen molar-refractivity contribution in [1.82, 2.24) is 0 Å². The van der Waals surface area contributed by atoms with E-state index < -0.39 is 17.8 Å². The molecule has 5 nitrogen and oxygen atoms in total. The van der Waals surface area contributed by atoms with Crippen molar-refractivity contribution in [2.24, 2.45) is 0 Å². The molecule has 0 bridgehead atoms. The van der Waals surface area contributed by atoms with Gasteiger partial charge in [-0.3, -0.25) is 9.59 Å². The maximum absolute atomic E-state index is 13.5. The van der Waals surface area contributed by atoms with E-state index in [1.807, 2.05) is 18.2 Å². The predicted molar refractivity (Wildman–Crippen MR) is 89.4 cm³/mol. The molecule has 1 heterocycles. The van der Waals surface area contributed by atoms with Crippen LogP contribution in [0.3, 0.4) is 0 Å². The van der Waals surface area contributed by atoms with E-state index in [0.717, 1.165) is 5.69 Å². The summed E-state index contributed by atoms with van der Waals surface area (Å²) in [5.74, 6) is -1.23. The summed E-state index contributed by atoms with van der Waals surface area (Å²) < 4.78 is 13.5. The number of carbonyl (C=O) groups is 2. The Morgan fingerprint density at radius 1 is 1.09 bits per heavy atom. The zero-order chi connectivity index (χ0) is 15.5. The molecule has 1 aliphatic rings. The molecule has 23 heavy (non-hydrogen) atoms. The Morgan fingerprint density at radius 2 is 1.74 bits per heavy atom. The number of benzene rings is 2. The molecule has 0 spiro atoms. The number of para-hydroxylation sites is 3. The molecule has 0 saturated carbocycles. The highest BCUT2D eigenvalue weighted by atomic mass is 35.5. The lowest BCUT2D eigenvalue weighted by Gasteiger charge is -2.26. The van der Waals surface area contributed by atoms with E-state index in [2.05, 4.69) is 16.0 Å². The van der Waals surface area contributed by atoms with Gasteiger partial charge in [-0.1, -0.05) is 24.3 Å². The van der Waals surface area contributed by atoms with Gasteiger partial charge < -0.3 is 16.0 Å². The first kappa shape index (κ1) is 16.8. The number of anilines is 3. The second-order valence-corrected chi connectivity index (χ2v) is 4.96. The largest absolute Gasteiger partial charge is 0.372 e. The number of amides is 2. The number of hydrogen-bond donors (Lipinski definition) is 3. The Balaban J connectivity index is 0.00000192. The Labute approximate surface area is 138 Å². The van der Waals surface area contributed by atoms with Crippen LogP contribution in [0.5, 0.6) is 0 Å². The van der Waals surface area contributed by atoms with E-state index >= 15 is 0 Å². The van der Waals surface area contributed by atoms with E-state index in [-0.39, 0.29) is 30.4 Å². The molecule has 0 aromatic heterocycles. The summed E-state index contributed by atoms with van der Waals surface area (Å²) in [6.07, 6.45) is -0.0888. The minimum Gasteiger partial charge on any atom is -0.372 e. The predicted octanol–water partition coefficient (Wildman–Crippen LogP) is 3.01. The molecule has 3 N–H and O–H groups in total. The first-order valence-corrected chi connectivity index (χ1v) is 6.84. The van der Waals surface area contributed by atoms with Crippen LogP contribution in [0.25, 0.3) is 0 Å². The molecule has 2 aromatic rings. The van der Waals surface area contributed by atoms with Gasteiger partial charge in [0.2, 0.25) is 11.8 Å². The zero-order valence-corrected chi connectivity index (χ0v) is 12.8. The molecule has 1 atom stereocenters. The quantitative estimate of drug-likeness (QED) is 0.807. The summed E-state index contributed by atoms with van der Waals surface area (Å²) in [6, 6.07) is 12.4. The van der Waals surface area contributed by atoms with Crippen molar-refractivity contribution in [3.05, 3.63) is 54.3 Å². The summed E-state index contributed by atoms with van der Waals surface area (Å²) in [6.45, 7) is 0. The van der Waals surface area contributed by atoms with Crippen molar-refractivity contribution in [3.8, 4) is 0 Å². The van der Waals surface area contributed by atoms with Crippen molar-refractivity contribution in [2.45, 2.75) is 12.5 Å². The summed E-state index contributed by atoms with van der Waals surface area (Å²) in [5, 5.41) is 8.21. The Hall–Kier alpha value is -2.60. The van der Waals surface area contributed by atoms with Crippen molar-refractivity contribution in [1.29, 1.82) is 0 Å². The fourth-order valence-electron chi connectivity index (χ4n) is 2.28. The van der Waals surface area contributed by atoms with Crippen LogP contribution < -0.4 is 16.0 Å². The van der Waals surface area contributed by atoms with Gasteiger partial charge in [-0.25, -0.2) is 4.39 Å². The number of nitrogens with one attached hydrogen (secondary N) is 3. The van der Waals surface area contributed by atoms with Crippen LogP contribution in [0, 0.1) is 5.82 Å². The number of halogens is 2. The van der Waals surface area contributed by atoms with Gasteiger partial charge in [-0.2, -0.15) is 0 Å².